The first-order valence-corrected chi connectivity index (χ1v) is 6.73. The van der Waals surface area contributed by atoms with Crippen LogP contribution in [0.25, 0.3) is 11.3 Å². The molecule has 0 aliphatic rings. The van der Waals surface area contributed by atoms with Crippen LogP contribution in [0, 0.1) is 0 Å². The van der Waals surface area contributed by atoms with E-state index in [0.717, 1.165) is 17.0 Å². The SMILES string of the molecule is O=C(NCCc1ccco1)c1ccc(-c2ccn[nH]2)cc1. The van der Waals surface area contributed by atoms with Gasteiger partial charge in [-0.15, -0.1) is 0 Å². The maximum absolute atomic E-state index is 12.0. The van der Waals surface area contributed by atoms with Gasteiger partial charge in [-0.3, -0.25) is 9.89 Å². The molecular weight excluding hydrogens is 266 g/mol. The highest BCUT2D eigenvalue weighted by Gasteiger charge is 2.06. The van der Waals surface area contributed by atoms with Crippen molar-refractivity contribution < 1.29 is 9.21 Å². The number of aromatic nitrogens is 2. The first kappa shape index (κ1) is 13.2. The summed E-state index contributed by atoms with van der Waals surface area (Å²) in [5, 5.41) is 9.67. The fourth-order valence-electron chi connectivity index (χ4n) is 2.07. The first-order valence-electron chi connectivity index (χ1n) is 6.73. The number of hydrogen-bond acceptors (Lipinski definition) is 3. The van der Waals surface area contributed by atoms with Gasteiger partial charge in [0.05, 0.1) is 12.0 Å². The molecule has 0 bridgehead atoms. The van der Waals surface area contributed by atoms with Gasteiger partial charge in [0.15, 0.2) is 0 Å². The molecule has 5 nitrogen and oxygen atoms in total. The van der Waals surface area contributed by atoms with Gasteiger partial charge in [-0.25, -0.2) is 0 Å². The van der Waals surface area contributed by atoms with E-state index in [0.29, 0.717) is 18.5 Å². The Hall–Kier alpha value is -2.82. The predicted octanol–water partition coefficient (Wildman–Crippen LogP) is 2.64. The number of nitrogens with zero attached hydrogens (tertiary/aromatic N) is 1. The van der Waals surface area contributed by atoms with Crippen molar-refractivity contribution in [2.24, 2.45) is 0 Å². The molecule has 0 unspecified atom stereocenters. The van der Waals surface area contributed by atoms with E-state index in [1.165, 1.54) is 0 Å². The van der Waals surface area contributed by atoms with Gasteiger partial charge in [0.1, 0.15) is 5.76 Å². The third-order valence-corrected chi connectivity index (χ3v) is 3.20. The fraction of sp³-hybridized carbons (Fsp3) is 0.125. The second-order valence-corrected chi connectivity index (χ2v) is 4.63. The zero-order valence-corrected chi connectivity index (χ0v) is 11.4. The normalized spacial score (nSPS) is 10.5. The quantitative estimate of drug-likeness (QED) is 0.755. The van der Waals surface area contributed by atoms with Crippen molar-refractivity contribution in [2.75, 3.05) is 6.54 Å². The van der Waals surface area contributed by atoms with E-state index in [1.807, 2.05) is 30.3 Å². The third kappa shape index (κ3) is 3.20. The lowest BCUT2D eigenvalue weighted by molar-refractivity contribution is 0.0953. The maximum atomic E-state index is 12.0. The molecule has 0 spiro atoms. The molecule has 2 N–H and O–H groups in total. The Morgan fingerprint density at radius 2 is 2.05 bits per heavy atom. The van der Waals surface area contributed by atoms with Crippen molar-refractivity contribution in [3.8, 4) is 11.3 Å². The summed E-state index contributed by atoms with van der Waals surface area (Å²) in [6.45, 7) is 0.550. The summed E-state index contributed by atoms with van der Waals surface area (Å²) in [6.07, 6.45) is 4.01. The molecule has 0 fully saturated rings. The van der Waals surface area contributed by atoms with Crippen LogP contribution in [0.15, 0.2) is 59.3 Å². The number of furan rings is 1. The number of aromatic amines is 1. The number of carbonyl (C=O) groups excluding carboxylic acids is 1. The lowest BCUT2D eigenvalue weighted by Crippen LogP contribution is -2.25. The standard InChI is InChI=1S/C16H15N3O2/c20-16(17-9-7-14-2-1-11-21-14)13-5-3-12(4-6-13)15-8-10-18-19-15/h1-6,8,10-11H,7,9H2,(H,17,20)(H,18,19). The molecule has 106 valence electrons. The molecule has 0 saturated carbocycles. The number of nitrogens with one attached hydrogen (secondary N) is 2. The van der Waals surface area contributed by atoms with Crippen LogP contribution in [-0.2, 0) is 6.42 Å². The molecule has 0 radical (unpaired) electrons. The monoisotopic (exact) mass is 281 g/mol. The highest BCUT2D eigenvalue weighted by atomic mass is 16.3. The van der Waals surface area contributed by atoms with Gasteiger partial charge in [-0.2, -0.15) is 5.10 Å². The molecule has 0 saturated heterocycles. The van der Waals surface area contributed by atoms with Crippen LogP contribution in [0.1, 0.15) is 16.1 Å². The van der Waals surface area contributed by atoms with Crippen molar-refractivity contribution >= 4 is 5.91 Å². The smallest absolute Gasteiger partial charge is 0.251 e. The Kier molecular flexibility index (Phi) is 3.82. The van der Waals surface area contributed by atoms with Gasteiger partial charge in [0.25, 0.3) is 5.91 Å². The van der Waals surface area contributed by atoms with Crippen LogP contribution in [0.2, 0.25) is 0 Å². The fourth-order valence-corrected chi connectivity index (χ4v) is 2.07. The molecule has 21 heavy (non-hydrogen) atoms. The van der Waals surface area contributed by atoms with Crippen LogP contribution in [-0.4, -0.2) is 22.6 Å². The largest absolute Gasteiger partial charge is 0.469 e. The van der Waals surface area contributed by atoms with Crippen LogP contribution >= 0.6 is 0 Å². The minimum atomic E-state index is -0.0854. The molecular formula is C16H15N3O2. The van der Waals surface area contributed by atoms with Gasteiger partial charge >= 0.3 is 0 Å². The van der Waals surface area contributed by atoms with Crippen LogP contribution < -0.4 is 5.32 Å². The van der Waals surface area contributed by atoms with Gasteiger partial charge in [-0.05, 0) is 35.9 Å². The van der Waals surface area contributed by atoms with Gasteiger partial charge in [0.2, 0.25) is 0 Å². The summed E-state index contributed by atoms with van der Waals surface area (Å²) >= 11 is 0. The van der Waals surface area contributed by atoms with E-state index in [9.17, 15) is 4.79 Å². The summed E-state index contributed by atoms with van der Waals surface area (Å²) in [5.41, 5.74) is 2.57. The van der Waals surface area contributed by atoms with E-state index in [-0.39, 0.29) is 5.91 Å². The number of rotatable bonds is 5. The molecule has 2 heterocycles. The Morgan fingerprint density at radius 1 is 1.19 bits per heavy atom. The van der Waals surface area contributed by atoms with E-state index >= 15 is 0 Å². The summed E-state index contributed by atoms with van der Waals surface area (Å²) in [6, 6.07) is 13.0. The average molecular weight is 281 g/mol. The average Bonchev–Trinajstić information content (AvgIpc) is 3.21. The lowest BCUT2D eigenvalue weighted by atomic mass is 10.1. The molecule has 1 aromatic carbocycles. The number of amides is 1. The highest BCUT2D eigenvalue weighted by molar-refractivity contribution is 5.94. The van der Waals surface area contributed by atoms with Gasteiger partial charge in [-0.1, -0.05) is 12.1 Å². The Bertz CT molecular complexity index is 686. The molecule has 3 aromatic rings. The molecule has 0 atom stereocenters. The Balaban J connectivity index is 1.57. The van der Waals surface area contributed by atoms with E-state index in [4.69, 9.17) is 4.42 Å². The number of benzene rings is 1. The van der Waals surface area contributed by atoms with E-state index in [2.05, 4.69) is 15.5 Å². The summed E-state index contributed by atoms with van der Waals surface area (Å²) in [5.74, 6) is 0.780. The van der Waals surface area contributed by atoms with Gasteiger partial charge < -0.3 is 9.73 Å². The Labute approximate surface area is 122 Å². The first-order chi connectivity index (χ1) is 10.3. The number of H-pyrrole nitrogens is 1. The zero-order valence-electron chi connectivity index (χ0n) is 11.4. The number of hydrogen-bond donors (Lipinski definition) is 2. The molecule has 3 rings (SSSR count). The molecule has 1 amide bonds. The van der Waals surface area contributed by atoms with Crippen molar-refractivity contribution in [1.29, 1.82) is 0 Å². The second-order valence-electron chi connectivity index (χ2n) is 4.63. The van der Waals surface area contributed by atoms with Crippen molar-refractivity contribution in [3.63, 3.8) is 0 Å². The minimum Gasteiger partial charge on any atom is -0.469 e. The zero-order chi connectivity index (χ0) is 14.5. The van der Waals surface area contributed by atoms with Crippen LogP contribution in [0.5, 0.6) is 0 Å². The van der Waals surface area contributed by atoms with Crippen molar-refractivity contribution in [1.82, 2.24) is 15.5 Å². The van der Waals surface area contributed by atoms with Crippen molar-refractivity contribution in [3.05, 3.63) is 66.2 Å². The highest BCUT2D eigenvalue weighted by Crippen LogP contribution is 2.16. The molecule has 0 aliphatic heterocycles. The summed E-state index contributed by atoms with van der Waals surface area (Å²) < 4.78 is 5.22. The molecule has 2 aromatic heterocycles. The Morgan fingerprint density at radius 3 is 2.71 bits per heavy atom. The van der Waals surface area contributed by atoms with Crippen LogP contribution in [0.3, 0.4) is 0 Å². The second kappa shape index (κ2) is 6.09. The van der Waals surface area contributed by atoms with Gasteiger partial charge in [0, 0.05) is 24.7 Å². The van der Waals surface area contributed by atoms with E-state index < -0.39 is 0 Å². The predicted molar refractivity (Wildman–Crippen MR) is 78.8 cm³/mol. The molecule has 5 heteroatoms. The number of carbonyl (C=O) groups is 1. The third-order valence-electron chi connectivity index (χ3n) is 3.20. The minimum absolute atomic E-state index is 0.0854. The van der Waals surface area contributed by atoms with E-state index in [1.54, 1.807) is 24.6 Å². The maximum Gasteiger partial charge on any atom is 0.251 e. The summed E-state index contributed by atoms with van der Waals surface area (Å²) in [4.78, 5) is 12.0. The topological polar surface area (TPSA) is 70.9 Å². The van der Waals surface area contributed by atoms with Crippen LogP contribution in [0.4, 0.5) is 0 Å². The summed E-state index contributed by atoms with van der Waals surface area (Å²) in [7, 11) is 0. The lowest BCUT2D eigenvalue weighted by Gasteiger charge is -2.05. The van der Waals surface area contributed by atoms with Crippen molar-refractivity contribution in [2.45, 2.75) is 6.42 Å². The molecule has 0 aliphatic carbocycles.